The molecule has 4 amide bonds. The zero-order chi connectivity index (χ0) is 52.0. The minimum atomic E-state index is -0.924. The van der Waals surface area contributed by atoms with Gasteiger partial charge in [0.2, 0.25) is 17.7 Å². The number of hydrogen-bond acceptors (Lipinski definition) is 15. The third-order valence-electron chi connectivity index (χ3n) is 14.1. The normalized spacial score (nSPS) is 16.9. The highest BCUT2D eigenvalue weighted by Gasteiger charge is 2.37. The van der Waals surface area contributed by atoms with Gasteiger partial charge in [-0.2, -0.15) is 0 Å². The SMILES string of the molecule is CN[C@@H](C)C(=O)NC(C(=O)N1CCN(C(=O)c2c(F)c3cc(F)ccc3n2CC(=O)N(C)CCOCCOCCOCCOc2cc(CN3CCC(Oc4ccnc5ccsc45)CC3)on2)CC1)C1CCCCC1. The maximum absolute atomic E-state index is 16.2. The third kappa shape index (κ3) is 14.1. The summed E-state index contributed by atoms with van der Waals surface area (Å²) >= 11 is 1.65. The predicted octanol–water partition coefficient (Wildman–Crippen LogP) is 5.11. The van der Waals surface area contributed by atoms with E-state index in [2.05, 4.69) is 25.7 Å². The molecule has 0 spiro atoms. The van der Waals surface area contributed by atoms with Gasteiger partial charge in [0.15, 0.2) is 11.6 Å². The number of carbonyl (C=O) groups is 4. The van der Waals surface area contributed by atoms with E-state index >= 15 is 4.39 Å². The number of halogens is 2. The van der Waals surface area contributed by atoms with E-state index in [0.29, 0.717) is 45.5 Å². The number of benzene rings is 1. The lowest BCUT2D eigenvalue weighted by Gasteiger charge is -2.39. The minimum Gasteiger partial charge on any atom is -0.489 e. The summed E-state index contributed by atoms with van der Waals surface area (Å²) in [5.74, 6) is -1.10. The predicted molar refractivity (Wildman–Crippen MR) is 272 cm³/mol. The van der Waals surface area contributed by atoms with E-state index < -0.39 is 35.5 Å². The zero-order valence-electron chi connectivity index (χ0n) is 42.6. The summed E-state index contributed by atoms with van der Waals surface area (Å²) in [6.07, 6.45) is 8.49. The molecule has 1 aliphatic carbocycles. The molecule has 4 aromatic heterocycles. The van der Waals surface area contributed by atoms with Crippen molar-refractivity contribution in [1.82, 2.24) is 44.9 Å². The summed E-state index contributed by atoms with van der Waals surface area (Å²) in [7, 11) is 3.27. The monoisotopic (exact) mass is 1050 g/mol. The van der Waals surface area contributed by atoms with E-state index in [1.807, 2.05) is 17.5 Å². The number of thiophene rings is 1. The molecule has 3 aliphatic rings. The van der Waals surface area contributed by atoms with Crippen molar-refractivity contribution in [3.8, 4) is 11.6 Å². The Morgan fingerprint density at radius 3 is 2.30 bits per heavy atom. The number of aromatic nitrogens is 3. The summed E-state index contributed by atoms with van der Waals surface area (Å²) in [5, 5.41) is 11.9. The first-order chi connectivity index (χ1) is 36.0. The molecule has 1 aromatic carbocycles. The molecular formula is C52H69F2N9O10S. The van der Waals surface area contributed by atoms with Crippen LogP contribution < -0.4 is 20.1 Å². The van der Waals surface area contributed by atoms with E-state index in [-0.39, 0.29) is 92.9 Å². The zero-order valence-corrected chi connectivity index (χ0v) is 43.4. The number of nitrogens with one attached hydrogen (secondary N) is 2. The summed E-state index contributed by atoms with van der Waals surface area (Å²) in [4.78, 5) is 65.8. The van der Waals surface area contributed by atoms with Gasteiger partial charge < -0.3 is 58.1 Å². The standard InChI is InChI=1S/C52H69F2N9O10S/c1-35(55-2)50(65)57-47(36-7-5-4-6-8-36)51(66)61-18-20-62(21-19-61)52(67)48-46(54)40-31-37(53)9-10-42(40)63(48)34-45(64)59(3)22-23-68-24-25-69-26-27-70-28-29-71-44-32-39(73-58-44)33-60-16-12-38(13-17-60)72-43-11-15-56-41-14-30-74-49(41)43/h9-11,14-15,30-32,35-36,38,47,55H,4-8,12-13,16-29,33-34H2,1-3H3,(H,57,65)/t35-,47?/m0/s1. The molecule has 0 bridgehead atoms. The van der Waals surface area contributed by atoms with Crippen molar-refractivity contribution in [2.24, 2.45) is 5.92 Å². The molecule has 5 aromatic rings. The lowest BCUT2D eigenvalue weighted by molar-refractivity contribution is -0.140. The van der Waals surface area contributed by atoms with Gasteiger partial charge in [-0.15, -0.1) is 11.3 Å². The lowest BCUT2D eigenvalue weighted by atomic mass is 9.83. The minimum absolute atomic E-state index is 0.00709. The van der Waals surface area contributed by atoms with Gasteiger partial charge in [-0.1, -0.05) is 19.3 Å². The number of likely N-dealkylation sites (tertiary alicyclic amines) is 1. The van der Waals surface area contributed by atoms with Crippen LogP contribution >= 0.6 is 11.3 Å². The Labute approximate surface area is 433 Å². The Morgan fingerprint density at radius 2 is 1.57 bits per heavy atom. The fraction of sp³-hybridized carbons (Fsp3) is 0.577. The molecule has 3 fully saturated rings. The van der Waals surface area contributed by atoms with Crippen LogP contribution in [0.5, 0.6) is 11.6 Å². The maximum atomic E-state index is 16.2. The molecule has 402 valence electrons. The molecule has 2 aliphatic heterocycles. The highest BCUT2D eigenvalue weighted by molar-refractivity contribution is 7.17. The van der Waals surface area contributed by atoms with E-state index in [0.717, 1.165) is 91.9 Å². The summed E-state index contributed by atoms with van der Waals surface area (Å²) in [6, 6.07) is 8.11. The topological polar surface area (TPSA) is 195 Å². The number of piperidine rings is 1. The Bertz CT molecular complexity index is 2640. The van der Waals surface area contributed by atoms with Gasteiger partial charge in [0.1, 0.15) is 42.6 Å². The molecular weight excluding hydrogens is 981 g/mol. The van der Waals surface area contributed by atoms with Gasteiger partial charge in [-0.05, 0) is 86.4 Å². The van der Waals surface area contributed by atoms with Crippen molar-refractivity contribution in [2.75, 3.05) is 106 Å². The van der Waals surface area contributed by atoms with Gasteiger partial charge in [0.25, 0.3) is 11.8 Å². The molecule has 2 saturated heterocycles. The first-order valence-electron chi connectivity index (χ1n) is 25.8. The number of carbonyl (C=O) groups excluding carboxylic acids is 4. The number of rotatable bonds is 25. The molecule has 2 atom stereocenters. The molecule has 0 radical (unpaired) electrons. The maximum Gasteiger partial charge on any atom is 0.273 e. The first-order valence-corrected chi connectivity index (χ1v) is 26.6. The van der Waals surface area contributed by atoms with Crippen LogP contribution in [0.3, 0.4) is 0 Å². The van der Waals surface area contributed by atoms with Crippen LogP contribution in [-0.2, 0) is 41.7 Å². The van der Waals surface area contributed by atoms with Crippen molar-refractivity contribution in [3.63, 3.8) is 0 Å². The van der Waals surface area contributed by atoms with Crippen molar-refractivity contribution in [3.05, 3.63) is 71.1 Å². The van der Waals surface area contributed by atoms with Crippen LogP contribution in [0.2, 0.25) is 0 Å². The first kappa shape index (κ1) is 54.5. The second kappa shape index (κ2) is 26.6. The van der Waals surface area contributed by atoms with Crippen LogP contribution in [0.4, 0.5) is 8.78 Å². The molecule has 8 rings (SSSR count). The number of fused-ring (bicyclic) bond motifs is 2. The fourth-order valence-electron chi connectivity index (χ4n) is 9.69. The molecule has 2 N–H and O–H groups in total. The van der Waals surface area contributed by atoms with Crippen LogP contribution in [0.15, 0.2) is 52.5 Å². The molecule has 19 nitrogen and oxygen atoms in total. The van der Waals surface area contributed by atoms with E-state index in [4.69, 9.17) is 28.2 Å². The lowest BCUT2D eigenvalue weighted by Crippen LogP contribution is -2.59. The third-order valence-corrected chi connectivity index (χ3v) is 15.0. The fourth-order valence-corrected chi connectivity index (χ4v) is 10.5. The summed E-state index contributed by atoms with van der Waals surface area (Å²) in [6.45, 7) is 6.63. The van der Waals surface area contributed by atoms with Gasteiger partial charge in [0, 0.05) is 70.5 Å². The number of hydrogen-bond donors (Lipinski definition) is 2. The molecule has 6 heterocycles. The van der Waals surface area contributed by atoms with Crippen LogP contribution in [0, 0.1) is 17.6 Å². The Hall–Kier alpha value is -5.78. The highest BCUT2D eigenvalue weighted by atomic mass is 32.1. The van der Waals surface area contributed by atoms with E-state index in [9.17, 15) is 23.6 Å². The highest BCUT2D eigenvalue weighted by Crippen LogP contribution is 2.32. The quantitative estimate of drug-likeness (QED) is 0.0733. The van der Waals surface area contributed by atoms with Gasteiger partial charge in [-0.25, -0.2) is 8.78 Å². The average Bonchev–Trinajstić information content (AvgIpc) is 4.16. The van der Waals surface area contributed by atoms with Gasteiger partial charge >= 0.3 is 0 Å². The molecule has 1 unspecified atom stereocenters. The Balaban J connectivity index is 0.701. The largest absolute Gasteiger partial charge is 0.489 e. The number of piperazine rings is 1. The molecule has 1 saturated carbocycles. The number of ether oxygens (including phenoxy) is 5. The summed E-state index contributed by atoms with van der Waals surface area (Å²) in [5.41, 5.74) is 0.803. The number of likely N-dealkylation sites (N-methyl/N-ethyl adjacent to an activating group) is 2. The number of amides is 4. The second-order valence-corrected chi connectivity index (χ2v) is 20.0. The Kier molecular flexibility index (Phi) is 19.6. The smallest absolute Gasteiger partial charge is 0.273 e. The van der Waals surface area contributed by atoms with E-state index in [1.54, 1.807) is 49.5 Å². The molecule has 74 heavy (non-hydrogen) atoms. The average molecular weight is 1050 g/mol. The van der Waals surface area contributed by atoms with Crippen molar-refractivity contribution in [2.45, 2.75) is 83.1 Å². The van der Waals surface area contributed by atoms with Crippen LogP contribution in [0.25, 0.3) is 21.1 Å². The summed E-state index contributed by atoms with van der Waals surface area (Å²) < 4.78 is 67.5. The van der Waals surface area contributed by atoms with Crippen molar-refractivity contribution < 1.29 is 56.2 Å². The number of pyridine rings is 1. The van der Waals surface area contributed by atoms with Crippen LogP contribution in [-0.4, -0.2) is 182 Å². The van der Waals surface area contributed by atoms with Gasteiger partial charge in [-0.3, -0.25) is 29.1 Å². The van der Waals surface area contributed by atoms with E-state index in [1.165, 1.54) is 20.4 Å². The second-order valence-electron chi connectivity index (χ2n) is 19.1. The Morgan fingerprint density at radius 1 is 0.865 bits per heavy atom. The van der Waals surface area contributed by atoms with Gasteiger partial charge in [0.05, 0.1) is 68.0 Å². The number of nitrogens with zero attached hydrogens (tertiary/aromatic N) is 7. The van der Waals surface area contributed by atoms with Crippen LogP contribution in [0.1, 0.15) is 68.1 Å². The van der Waals surface area contributed by atoms with Crippen molar-refractivity contribution in [1.29, 1.82) is 0 Å². The molecule has 22 heteroatoms. The van der Waals surface area contributed by atoms with Crippen molar-refractivity contribution >= 4 is 56.1 Å².